The van der Waals surface area contributed by atoms with E-state index in [0.717, 1.165) is 63.8 Å². The number of amides is 11. The summed E-state index contributed by atoms with van der Waals surface area (Å²) in [5, 5.41) is 11.8. The van der Waals surface area contributed by atoms with Gasteiger partial charge in [0.2, 0.25) is 65.0 Å². The Balaban J connectivity index is 1.44. The van der Waals surface area contributed by atoms with Gasteiger partial charge < -0.3 is 55.1 Å². The predicted octanol–water partition coefficient (Wildman–Crippen LogP) is 5.83. The molecule has 102 heavy (non-hydrogen) atoms. The van der Waals surface area contributed by atoms with Gasteiger partial charge in [0.25, 0.3) is 0 Å². The second kappa shape index (κ2) is 36.7. The zero-order valence-corrected chi connectivity index (χ0v) is 62.7. The maximum Gasteiger partial charge on any atom is 0.417 e. The molecule has 6 rings (SSSR count). The molecule has 3 N–H and O–H groups in total. The minimum atomic E-state index is -4.80. The second-order valence-corrected chi connectivity index (χ2v) is 30.3. The molecule has 0 aromatic heterocycles. The summed E-state index contributed by atoms with van der Waals surface area (Å²) < 4.78 is 41.7. The lowest BCUT2D eigenvalue weighted by atomic mass is 9.89. The minimum Gasteiger partial charge on any atom is -0.343 e. The summed E-state index contributed by atoms with van der Waals surface area (Å²) in [5.74, 6) is -9.34. The molecule has 3 aliphatic heterocycles. The normalized spacial score (nSPS) is 27.1. The lowest BCUT2D eigenvalue weighted by Gasteiger charge is -2.42. The van der Waals surface area contributed by atoms with Crippen molar-refractivity contribution in [3.8, 4) is 0 Å². The van der Waals surface area contributed by atoms with E-state index >= 15 is 19.2 Å². The molecule has 31 heteroatoms. The van der Waals surface area contributed by atoms with E-state index in [-0.39, 0.29) is 68.9 Å². The Morgan fingerprint density at radius 2 is 1.34 bits per heavy atom. The number of Topliss-reactive ketones (excluding diaryl/α,β-unsaturated/α-hetero) is 1. The van der Waals surface area contributed by atoms with Gasteiger partial charge in [-0.2, -0.15) is 13.2 Å². The monoisotopic (exact) mass is 1460 g/mol. The van der Waals surface area contributed by atoms with Crippen molar-refractivity contribution in [2.24, 2.45) is 28.8 Å². The quantitative estimate of drug-likeness (QED) is 0.126. The molecule has 1 aromatic carbocycles. The molecular formula is C71H109ClF3N15O12. The molecule has 1 aromatic rings. The summed E-state index contributed by atoms with van der Waals surface area (Å²) in [7, 11) is 9.92. The maximum absolute atomic E-state index is 15.5. The molecule has 3 heterocycles. The summed E-state index contributed by atoms with van der Waals surface area (Å²) in [6, 6.07) is -8.17. The SMILES string of the molecule is CC[C@H](C)[C@@H]1NC(=O)[C@H](CC(C)C)N(C)C(=O)C[C@@H](C(=O)N2CCCCC2)N(C)C(C)C(=O)[C@H](C(C)C)N(C)C(=O)C2(CCCC2)NC(=O)[C@@H]2C[C@@H](N=[N+]=[N-])CN2C(=O)[C@H](CCc2ccc(C(F)(F)F)c(Cl)c2)NC(=O)CN(C)C(=O)[C@H](CC2CCCC2)N(C)C(=O)CN(C)C(=O)CN(C)C1=O. The standard InChI is InChI=1S/C71H109ClF3N15O12/c1-15-44(6)60-68(101)84(10)40-58(93)82(8)41-59(94)87(13)54(35-46-23-17-18-24-46)66(99)83(9)39-56(91)77-51(28-26-47-25-27-49(50(72)34-47)71(73,74)75)65(98)90-38-48(80-81-76)36-53(90)64(97)79-70(29-19-20-30-70)69(102)88(14)61(43(4)5)62(95)45(7)85(11)55(67(100)89-31-21-16-22-32-89)37-57(92)86(12)52(33-42(2)3)63(96)78-60/h25,27,34,42-46,48,51-55,60-61H,15-24,26,28-33,35-41H2,1-14H3,(H,77,91)(H,78,96)(H,79,97)/t44-,45?,48+,51-,52-,53-,54-,55-,60-,61-/m0/s1. The third-order valence-electron chi connectivity index (χ3n) is 21.6. The number of azide groups is 1. The number of fused-ring (bicyclic) bond motifs is 1. The van der Waals surface area contributed by atoms with Crippen molar-refractivity contribution in [2.45, 2.75) is 230 Å². The molecule has 5 fully saturated rings. The van der Waals surface area contributed by atoms with E-state index in [4.69, 9.17) is 11.6 Å². The number of hydrogen-bond donors (Lipinski definition) is 3. The number of carbonyl (C=O) groups is 12. The Kier molecular flexibility index (Phi) is 30.0. The number of likely N-dealkylation sites (N-methyl/N-ethyl adjacent to an activating group) is 7. The molecule has 27 nitrogen and oxygen atoms in total. The van der Waals surface area contributed by atoms with Gasteiger partial charge in [-0.15, -0.1) is 0 Å². The van der Waals surface area contributed by atoms with Crippen LogP contribution < -0.4 is 16.0 Å². The largest absolute Gasteiger partial charge is 0.417 e. The first-order chi connectivity index (χ1) is 47.9. The van der Waals surface area contributed by atoms with Crippen LogP contribution in [-0.2, 0) is 70.1 Å². The van der Waals surface area contributed by atoms with Crippen LogP contribution in [0.3, 0.4) is 0 Å². The summed E-state index contributed by atoms with van der Waals surface area (Å²) in [6.45, 7) is 11.0. The van der Waals surface area contributed by atoms with Crippen LogP contribution in [0.15, 0.2) is 23.3 Å². The van der Waals surface area contributed by atoms with E-state index in [0.29, 0.717) is 45.2 Å². The first-order valence-electron chi connectivity index (χ1n) is 36.1. The van der Waals surface area contributed by atoms with Crippen LogP contribution in [-0.4, -0.2) is 263 Å². The number of carbonyl (C=O) groups excluding carboxylic acids is 12. The number of ketones is 1. The fourth-order valence-electron chi connectivity index (χ4n) is 15.0. The van der Waals surface area contributed by atoms with E-state index in [9.17, 15) is 57.1 Å². The summed E-state index contributed by atoms with van der Waals surface area (Å²) in [6.07, 6.45) is 1.32. The van der Waals surface area contributed by atoms with Crippen LogP contribution in [0.5, 0.6) is 0 Å². The topological polar surface area (TPSA) is 319 Å². The minimum absolute atomic E-state index is 0.00579. The van der Waals surface area contributed by atoms with Crippen LogP contribution in [0.2, 0.25) is 5.02 Å². The molecule has 2 saturated carbocycles. The van der Waals surface area contributed by atoms with Gasteiger partial charge in [0.15, 0.2) is 5.78 Å². The van der Waals surface area contributed by atoms with E-state index in [1.807, 2.05) is 20.8 Å². The molecule has 0 radical (unpaired) electrons. The van der Waals surface area contributed by atoms with Gasteiger partial charge >= 0.3 is 6.18 Å². The molecule has 1 unspecified atom stereocenters. The van der Waals surface area contributed by atoms with Crippen molar-refractivity contribution >= 4 is 82.4 Å². The van der Waals surface area contributed by atoms with Gasteiger partial charge in [-0.25, -0.2) is 0 Å². The fraction of sp³-hybridized carbons (Fsp3) is 0.746. The Morgan fingerprint density at radius 3 is 1.92 bits per heavy atom. The Hall–Kier alpha value is -7.59. The summed E-state index contributed by atoms with van der Waals surface area (Å²) >= 11 is 6.15. The van der Waals surface area contributed by atoms with Crippen molar-refractivity contribution in [3.63, 3.8) is 0 Å². The number of alkyl halides is 3. The number of rotatable bonds is 12. The molecule has 0 bridgehead atoms. The Labute approximate surface area is 602 Å². The van der Waals surface area contributed by atoms with Crippen LogP contribution in [0.25, 0.3) is 10.4 Å². The molecule has 10 atom stereocenters. The first-order valence-corrected chi connectivity index (χ1v) is 36.4. The molecule has 11 amide bonds. The second-order valence-electron chi connectivity index (χ2n) is 29.9. The number of piperidine rings is 1. The maximum atomic E-state index is 15.5. The molecular weight excluding hydrogens is 1350 g/mol. The van der Waals surface area contributed by atoms with Gasteiger partial charge in [-0.3, -0.25) is 62.4 Å². The average Bonchev–Trinajstić information content (AvgIpc) is 1.54. The van der Waals surface area contributed by atoms with Crippen molar-refractivity contribution in [1.82, 2.24) is 60.0 Å². The number of hydrogen-bond acceptors (Lipinski definition) is 14. The van der Waals surface area contributed by atoms with Gasteiger partial charge in [0.05, 0.1) is 60.8 Å². The van der Waals surface area contributed by atoms with E-state index < -0.39 is 185 Å². The molecule has 568 valence electrons. The van der Waals surface area contributed by atoms with Crippen LogP contribution in [0.4, 0.5) is 13.2 Å². The van der Waals surface area contributed by atoms with Gasteiger partial charge in [0.1, 0.15) is 35.7 Å². The fourth-order valence-corrected chi connectivity index (χ4v) is 15.3. The Morgan fingerprint density at radius 1 is 0.735 bits per heavy atom. The van der Waals surface area contributed by atoms with Crippen LogP contribution in [0.1, 0.15) is 169 Å². The highest BCUT2D eigenvalue weighted by Gasteiger charge is 2.51. The number of likely N-dealkylation sites (tertiary alicyclic amines) is 1. The number of nitrogens with zero attached hydrogens (tertiary/aromatic N) is 12. The third kappa shape index (κ3) is 20.9. The zero-order chi connectivity index (χ0) is 76.0. The van der Waals surface area contributed by atoms with Crippen LogP contribution in [0, 0.1) is 23.7 Å². The van der Waals surface area contributed by atoms with Crippen LogP contribution >= 0.6 is 11.6 Å². The van der Waals surface area contributed by atoms with Gasteiger partial charge in [-0.05, 0) is 125 Å². The Bertz CT molecular complexity index is 3260. The van der Waals surface area contributed by atoms with E-state index in [1.54, 1.807) is 39.6 Å². The van der Waals surface area contributed by atoms with Crippen molar-refractivity contribution in [2.75, 3.05) is 88.6 Å². The van der Waals surface area contributed by atoms with E-state index in [2.05, 4.69) is 26.0 Å². The number of nitrogens with one attached hydrogen (secondary N) is 3. The first kappa shape index (κ1) is 83.4. The highest BCUT2D eigenvalue weighted by atomic mass is 35.5. The number of halogens is 4. The van der Waals surface area contributed by atoms with Crippen molar-refractivity contribution < 1.29 is 70.7 Å². The van der Waals surface area contributed by atoms with Gasteiger partial charge in [0, 0.05) is 66.8 Å². The molecule has 2 aliphatic carbocycles. The van der Waals surface area contributed by atoms with Gasteiger partial charge in [-0.1, -0.05) is 109 Å². The average molecular weight is 1460 g/mol. The number of aryl methyl sites for hydroxylation is 1. The molecule has 1 spiro atoms. The smallest absolute Gasteiger partial charge is 0.343 e. The zero-order valence-electron chi connectivity index (χ0n) is 62.0. The van der Waals surface area contributed by atoms with Crippen molar-refractivity contribution in [1.29, 1.82) is 0 Å². The predicted molar refractivity (Wildman–Crippen MR) is 375 cm³/mol. The highest BCUT2D eigenvalue weighted by Crippen LogP contribution is 2.37. The lowest BCUT2D eigenvalue weighted by molar-refractivity contribution is -0.151. The summed E-state index contributed by atoms with van der Waals surface area (Å²) in [5.41, 5.74) is 7.18. The lowest BCUT2D eigenvalue weighted by Crippen LogP contribution is -2.64. The summed E-state index contributed by atoms with van der Waals surface area (Å²) in [4.78, 5) is 193. The van der Waals surface area contributed by atoms with Crippen molar-refractivity contribution in [3.05, 3.63) is 44.8 Å². The molecule has 3 saturated heterocycles. The third-order valence-corrected chi connectivity index (χ3v) is 21.9. The van der Waals surface area contributed by atoms with E-state index in [1.165, 1.54) is 68.0 Å². The highest BCUT2D eigenvalue weighted by molar-refractivity contribution is 6.31. The molecule has 5 aliphatic rings. The number of benzene rings is 1.